The van der Waals surface area contributed by atoms with Crippen molar-refractivity contribution in [2.24, 2.45) is 11.8 Å². The van der Waals surface area contributed by atoms with E-state index in [1.807, 2.05) is 0 Å². The molecule has 17 nitrogen and oxygen atoms in total. The summed E-state index contributed by atoms with van der Waals surface area (Å²) in [5.74, 6) is -0.579. The molecular weight excluding hydrogens is 1220 g/mol. The third-order valence-corrected chi connectivity index (χ3v) is 19.1. The van der Waals surface area contributed by atoms with Gasteiger partial charge < -0.3 is 33.8 Å². The van der Waals surface area contributed by atoms with Gasteiger partial charge in [-0.1, -0.05) is 330 Å². The molecule has 0 aliphatic carbocycles. The van der Waals surface area contributed by atoms with Crippen molar-refractivity contribution >= 4 is 39.5 Å². The number of aliphatic hydroxyl groups excluding tert-OH is 1. The van der Waals surface area contributed by atoms with Crippen LogP contribution in [-0.4, -0.2) is 96.7 Å². The molecule has 0 amide bonds. The second-order valence-electron chi connectivity index (χ2n) is 27.6. The fraction of sp³-hybridized carbons (Fsp3) is 0.946. The van der Waals surface area contributed by atoms with Gasteiger partial charge in [0.05, 0.1) is 26.4 Å². The smallest absolute Gasteiger partial charge is 0.462 e. The van der Waals surface area contributed by atoms with Gasteiger partial charge in [-0.25, -0.2) is 9.13 Å². The zero-order chi connectivity index (χ0) is 68.6. The van der Waals surface area contributed by atoms with Crippen LogP contribution in [0.3, 0.4) is 0 Å². The van der Waals surface area contributed by atoms with E-state index in [1.54, 1.807) is 0 Å². The molecule has 0 bridgehead atoms. The molecule has 0 aromatic carbocycles. The number of phosphoric ester groups is 2. The number of carbonyl (C=O) groups excluding carboxylic acids is 4. The summed E-state index contributed by atoms with van der Waals surface area (Å²) in [6.45, 7) is 9.57. The number of esters is 4. The van der Waals surface area contributed by atoms with Gasteiger partial charge in [0.15, 0.2) is 12.2 Å². The molecule has 5 atom stereocenters. The zero-order valence-corrected chi connectivity index (χ0v) is 62.3. The van der Waals surface area contributed by atoms with Gasteiger partial charge in [-0.3, -0.25) is 37.3 Å². The average molecular weight is 1370 g/mol. The molecule has 0 saturated carbocycles. The first kappa shape index (κ1) is 91.1. The summed E-state index contributed by atoms with van der Waals surface area (Å²) in [7, 11) is -9.90. The van der Waals surface area contributed by atoms with Gasteiger partial charge >= 0.3 is 39.5 Å². The second-order valence-corrected chi connectivity index (χ2v) is 30.5. The maximum absolute atomic E-state index is 13.1. The highest BCUT2D eigenvalue weighted by atomic mass is 31.2. The highest BCUT2D eigenvalue weighted by molar-refractivity contribution is 7.47. The normalized spacial score (nSPS) is 14.1. The maximum Gasteiger partial charge on any atom is 0.472 e. The van der Waals surface area contributed by atoms with Crippen LogP contribution in [0.4, 0.5) is 0 Å². The lowest BCUT2D eigenvalue weighted by molar-refractivity contribution is -0.161. The van der Waals surface area contributed by atoms with Crippen LogP contribution in [0, 0.1) is 11.8 Å². The minimum absolute atomic E-state index is 0.105. The van der Waals surface area contributed by atoms with E-state index in [4.69, 9.17) is 37.0 Å². The summed E-state index contributed by atoms with van der Waals surface area (Å²) in [6.07, 6.45) is 52.7. The number of aliphatic hydroxyl groups is 1. The van der Waals surface area contributed by atoms with E-state index < -0.39 is 97.5 Å². The Morgan fingerprint density at radius 2 is 0.495 bits per heavy atom. The van der Waals surface area contributed by atoms with Crippen LogP contribution < -0.4 is 0 Å². The van der Waals surface area contributed by atoms with Gasteiger partial charge in [-0.15, -0.1) is 0 Å². The van der Waals surface area contributed by atoms with Gasteiger partial charge in [0.2, 0.25) is 0 Å². The minimum Gasteiger partial charge on any atom is -0.462 e. The van der Waals surface area contributed by atoms with Gasteiger partial charge in [0, 0.05) is 25.7 Å². The third kappa shape index (κ3) is 68.4. The largest absolute Gasteiger partial charge is 0.472 e. The van der Waals surface area contributed by atoms with Crippen LogP contribution in [-0.2, 0) is 65.4 Å². The molecule has 0 aliphatic heterocycles. The van der Waals surface area contributed by atoms with Crippen LogP contribution in [0.2, 0.25) is 0 Å². The van der Waals surface area contributed by atoms with Crippen molar-refractivity contribution in [1.29, 1.82) is 0 Å². The van der Waals surface area contributed by atoms with Crippen LogP contribution in [0.5, 0.6) is 0 Å². The zero-order valence-electron chi connectivity index (χ0n) is 60.6. The predicted molar refractivity (Wildman–Crippen MR) is 377 cm³/mol. The van der Waals surface area contributed by atoms with Gasteiger partial charge in [0.25, 0.3) is 0 Å². The SMILES string of the molecule is CCCCCCCCCCCCCCCCC(=O)OC[C@H](COP(=O)(O)OC[C@@H](O)COP(=O)(O)OC[C@@H](COC(=O)CCCCCCCCCCC)OC(=O)CCCCCCCCCCCC(C)C)OC(=O)CCCCCCCCCCCCCCCCCC(C)C. The monoisotopic (exact) mass is 1370 g/mol. The first-order valence-electron chi connectivity index (χ1n) is 38.5. The van der Waals surface area contributed by atoms with Crippen molar-refractivity contribution in [2.45, 2.75) is 400 Å². The highest BCUT2D eigenvalue weighted by Gasteiger charge is 2.30. The van der Waals surface area contributed by atoms with Crippen LogP contribution >= 0.6 is 15.6 Å². The minimum atomic E-state index is -4.95. The molecule has 0 fully saturated rings. The lowest BCUT2D eigenvalue weighted by Gasteiger charge is -2.21. The van der Waals surface area contributed by atoms with Crippen LogP contribution in [0.1, 0.15) is 382 Å². The number of unbranched alkanes of at least 4 members (excludes halogenated alkanes) is 43. The van der Waals surface area contributed by atoms with Crippen molar-refractivity contribution in [3.63, 3.8) is 0 Å². The summed E-state index contributed by atoms with van der Waals surface area (Å²) >= 11 is 0. The Kier molecular flexibility index (Phi) is 64.6. The molecule has 3 N–H and O–H groups in total. The highest BCUT2D eigenvalue weighted by Crippen LogP contribution is 2.45. The molecule has 19 heteroatoms. The first-order chi connectivity index (χ1) is 44.9. The van der Waals surface area contributed by atoms with E-state index in [-0.39, 0.29) is 25.7 Å². The topological polar surface area (TPSA) is 237 Å². The van der Waals surface area contributed by atoms with Gasteiger partial charge in [0.1, 0.15) is 19.3 Å². The summed E-state index contributed by atoms with van der Waals surface area (Å²) in [4.78, 5) is 72.7. The average Bonchev–Trinajstić information content (AvgIpc) is 3.04. The van der Waals surface area contributed by atoms with Gasteiger partial charge in [-0.05, 0) is 37.5 Å². The molecule has 0 heterocycles. The number of hydrogen-bond acceptors (Lipinski definition) is 15. The number of ether oxygens (including phenoxy) is 4. The van der Waals surface area contributed by atoms with E-state index in [1.165, 1.54) is 199 Å². The standard InChI is InChI=1S/C74H144O17P2/c1-7-9-11-13-15-17-18-19-24-27-33-39-45-51-57-72(77)85-63-70(90-73(78)58-52-46-40-34-28-25-22-20-21-23-26-31-36-42-48-54-66(3)4)65-89-93(82,83)87-61-68(75)60-86-92(80,81)88-64-69(62-84-71(76)56-50-44-38-30-16-14-12-10-8-2)91-74(79)59-53-47-41-35-29-32-37-43-49-55-67(5)6/h66-70,75H,7-65H2,1-6H3,(H,80,81)(H,82,83)/t68-,69+,70+/m0/s1. The number of rotatable bonds is 73. The molecule has 93 heavy (non-hydrogen) atoms. The molecule has 0 aromatic rings. The molecule has 0 rings (SSSR count). The first-order valence-corrected chi connectivity index (χ1v) is 41.5. The van der Waals surface area contributed by atoms with Gasteiger partial charge in [-0.2, -0.15) is 0 Å². The van der Waals surface area contributed by atoms with E-state index in [9.17, 15) is 43.2 Å². The number of carbonyl (C=O) groups is 4. The Hall–Kier alpha value is -1.94. The fourth-order valence-electron chi connectivity index (χ4n) is 11.3. The van der Waals surface area contributed by atoms with E-state index >= 15 is 0 Å². The summed E-state index contributed by atoms with van der Waals surface area (Å²) in [5.41, 5.74) is 0. The molecule has 0 radical (unpaired) electrons. The lowest BCUT2D eigenvalue weighted by atomic mass is 10.0. The van der Waals surface area contributed by atoms with Crippen molar-refractivity contribution in [3.8, 4) is 0 Å². The number of phosphoric acid groups is 2. The Morgan fingerprint density at radius 3 is 0.731 bits per heavy atom. The Bertz CT molecular complexity index is 1800. The number of hydrogen-bond donors (Lipinski definition) is 3. The molecule has 0 spiro atoms. The molecule has 0 aliphatic rings. The Balaban J connectivity index is 5.23. The van der Waals surface area contributed by atoms with E-state index in [0.29, 0.717) is 25.7 Å². The van der Waals surface area contributed by atoms with Crippen LogP contribution in [0.25, 0.3) is 0 Å². The van der Waals surface area contributed by atoms with E-state index in [0.717, 1.165) is 102 Å². The van der Waals surface area contributed by atoms with Crippen molar-refractivity contribution in [1.82, 2.24) is 0 Å². The summed E-state index contributed by atoms with van der Waals surface area (Å²) in [6, 6.07) is 0. The van der Waals surface area contributed by atoms with E-state index in [2.05, 4.69) is 41.5 Å². The fourth-order valence-corrected chi connectivity index (χ4v) is 12.9. The van der Waals surface area contributed by atoms with Crippen molar-refractivity contribution in [2.75, 3.05) is 39.6 Å². The summed E-state index contributed by atoms with van der Waals surface area (Å²) in [5, 5.41) is 10.6. The molecule has 2 unspecified atom stereocenters. The lowest BCUT2D eigenvalue weighted by Crippen LogP contribution is -2.30. The predicted octanol–water partition coefficient (Wildman–Crippen LogP) is 21.6. The molecule has 0 saturated heterocycles. The second kappa shape index (κ2) is 66.0. The molecule has 0 aromatic heterocycles. The maximum atomic E-state index is 13.1. The Labute approximate surface area is 568 Å². The molecular formula is C74H144O17P2. The quantitative estimate of drug-likeness (QED) is 0.0222. The summed E-state index contributed by atoms with van der Waals surface area (Å²) < 4.78 is 68.4. The Morgan fingerprint density at radius 1 is 0.290 bits per heavy atom. The molecule has 552 valence electrons. The van der Waals surface area contributed by atoms with Crippen molar-refractivity contribution < 1.29 is 80.2 Å². The van der Waals surface area contributed by atoms with Crippen LogP contribution in [0.15, 0.2) is 0 Å². The third-order valence-electron chi connectivity index (χ3n) is 17.2. The van der Waals surface area contributed by atoms with Crippen molar-refractivity contribution in [3.05, 3.63) is 0 Å².